The lowest BCUT2D eigenvalue weighted by atomic mass is 10.2. The van der Waals surface area contributed by atoms with E-state index in [9.17, 15) is 4.79 Å². The number of hydrogen-bond acceptors (Lipinski definition) is 3. The molecule has 2 heterocycles. The van der Waals surface area contributed by atoms with Crippen molar-refractivity contribution in [3.8, 4) is 0 Å². The summed E-state index contributed by atoms with van der Waals surface area (Å²) in [5.41, 5.74) is 7.23. The molecule has 0 aliphatic carbocycles. The van der Waals surface area contributed by atoms with Crippen LogP contribution in [0.25, 0.3) is 16.5 Å². The van der Waals surface area contributed by atoms with Gasteiger partial charge in [-0.2, -0.15) is 0 Å². The van der Waals surface area contributed by atoms with Crippen molar-refractivity contribution in [1.82, 2.24) is 9.55 Å². The average molecular weight is 213 g/mol. The standard InChI is InChI=1S/C12H11N3O/c13-7-8-5-6-15-11(8)14-10-4-2-1-3-9(10)12(15)16/h1-4,7H,5-6,13H2/b8-7-. The molecule has 3 rings (SSSR count). The molecule has 0 atom stereocenters. The van der Waals surface area contributed by atoms with Gasteiger partial charge in [0.25, 0.3) is 5.56 Å². The molecule has 0 radical (unpaired) electrons. The third-order valence-electron chi connectivity index (χ3n) is 2.95. The number of allylic oxidation sites excluding steroid dienone is 1. The molecular formula is C12H11N3O. The Balaban J connectivity index is 2.46. The van der Waals surface area contributed by atoms with E-state index in [-0.39, 0.29) is 5.56 Å². The molecule has 16 heavy (non-hydrogen) atoms. The van der Waals surface area contributed by atoms with Gasteiger partial charge in [-0.15, -0.1) is 0 Å². The summed E-state index contributed by atoms with van der Waals surface area (Å²) in [7, 11) is 0. The molecule has 0 saturated carbocycles. The van der Waals surface area contributed by atoms with Crippen molar-refractivity contribution in [2.45, 2.75) is 13.0 Å². The fourth-order valence-corrected chi connectivity index (χ4v) is 2.12. The van der Waals surface area contributed by atoms with Gasteiger partial charge in [-0.1, -0.05) is 12.1 Å². The van der Waals surface area contributed by atoms with Crippen molar-refractivity contribution >= 4 is 16.5 Å². The van der Waals surface area contributed by atoms with Crippen LogP contribution in [0, 0.1) is 0 Å². The summed E-state index contributed by atoms with van der Waals surface area (Å²) < 4.78 is 1.70. The van der Waals surface area contributed by atoms with E-state index < -0.39 is 0 Å². The molecule has 4 nitrogen and oxygen atoms in total. The molecule has 0 amide bonds. The topological polar surface area (TPSA) is 60.9 Å². The van der Waals surface area contributed by atoms with Gasteiger partial charge in [-0.3, -0.25) is 9.36 Å². The van der Waals surface area contributed by atoms with Crippen LogP contribution in [0.15, 0.2) is 35.3 Å². The largest absolute Gasteiger partial charge is 0.404 e. The van der Waals surface area contributed by atoms with Crippen LogP contribution in [0.3, 0.4) is 0 Å². The number of aromatic nitrogens is 2. The molecule has 4 heteroatoms. The molecule has 2 N–H and O–H groups in total. The highest BCUT2D eigenvalue weighted by Gasteiger charge is 2.19. The molecule has 80 valence electrons. The summed E-state index contributed by atoms with van der Waals surface area (Å²) in [5.74, 6) is 0.714. The number of benzene rings is 1. The highest BCUT2D eigenvalue weighted by molar-refractivity contribution is 5.79. The first-order valence-corrected chi connectivity index (χ1v) is 5.22. The van der Waals surface area contributed by atoms with Crippen LogP contribution in [0.1, 0.15) is 12.2 Å². The number of rotatable bonds is 0. The smallest absolute Gasteiger partial charge is 0.261 e. The lowest BCUT2D eigenvalue weighted by Gasteiger charge is -2.04. The maximum absolute atomic E-state index is 12.1. The van der Waals surface area contributed by atoms with Crippen LogP contribution in [0.5, 0.6) is 0 Å². The van der Waals surface area contributed by atoms with Gasteiger partial charge in [-0.25, -0.2) is 4.98 Å². The summed E-state index contributed by atoms with van der Waals surface area (Å²) in [4.78, 5) is 16.6. The number of nitrogens with zero attached hydrogens (tertiary/aromatic N) is 2. The second-order valence-corrected chi connectivity index (χ2v) is 3.85. The van der Waals surface area contributed by atoms with Crippen LogP contribution in [0.2, 0.25) is 0 Å². The Morgan fingerprint density at radius 1 is 1.38 bits per heavy atom. The normalized spacial score (nSPS) is 16.9. The molecule has 0 fully saturated rings. The number of nitrogens with two attached hydrogens (primary N) is 1. The van der Waals surface area contributed by atoms with Gasteiger partial charge in [0, 0.05) is 18.3 Å². The van der Waals surface area contributed by atoms with Gasteiger partial charge in [-0.05, 0) is 18.6 Å². The third kappa shape index (κ3) is 1.10. The van der Waals surface area contributed by atoms with Crippen LogP contribution < -0.4 is 11.3 Å². The summed E-state index contributed by atoms with van der Waals surface area (Å²) in [6, 6.07) is 7.39. The second kappa shape index (κ2) is 3.20. The van der Waals surface area contributed by atoms with E-state index in [1.165, 1.54) is 0 Å². The van der Waals surface area contributed by atoms with Gasteiger partial charge in [0.05, 0.1) is 10.9 Å². The van der Waals surface area contributed by atoms with Crippen LogP contribution in [0.4, 0.5) is 0 Å². The molecule has 1 aliphatic heterocycles. The molecule has 1 aromatic carbocycles. The summed E-state index contributed by atoms with van der Waals surface area (Å²) in [6.07, 6.45) is 2.33. The van der Waals surface area contributed by atoms with E-state index in [2.05, 4.69) is 4.98 Å². The van der Waals surface area contributed by atoms with E-state index in [1.807, 2.05) is 24.3 Å². The molecule has 1 aliphatic rings. The summed E-state index contributed by atoms with van der Waals surface area (Å²) in [5, 5.41) is 0.671. The van der Waals surface area contributed by atoms with E-state index in [1.54, 1.807) is 10.8 Å². The Morgan fingerprint density at radius 2 is 2.19 bits per heavy atom. The highest BCUT2D eigenvalue weighted by atomic mass is 16.1. The van der Waals surface area contributed by atoms with E-state index in [0.29, 0.717) is 17.8 Å². The van der Waals surface area contributed by atoms with E-state index in [0.717, 1.165) is 17.5 Å². The molecule has 1 aromatic heterocycles. The quantitative estimate of drug-likeness (QED) is 0.712. The van der Waals surface area contributed by atoms with E-state index in [4.69, 9.17) is 5.73 Å². The highest BCUT2D eigenvalue weighted by Crippen LogP contribution is 2.23. The van der Waals surface area contributed by atoms with Crippen molar-refractivity contribution in [3.05, 3.63) is 46.6 Å². The van der Waals surface area contributed by atoms with Crippen LogP contribution >= 0.6 is 0 Å². The van der Waals surface area contributed by atoms with Crippen molar-refractivity contribution in [2.75, 3.05) is 0 Å². The Labute approximate surface area is 92.0 Å². The van der Waals surface area contributed by atoms with Gasteiger partial charge in [0.1, 0.15) is 5.82 Å². The van der Waals surface area contributed by atoms with Crippen molar-refractivity contribution in [1.29, 1.82) is 0 Å². The molecule has 0 spiro atoms. The first kappa shape index (κ1) is 9.15. The molecule has 2 aromatic rings. The van der Waals surface area contributed by atoms with Crippen LogP contribution in [-0.4, -0.2) is 9.55 Å². The summed E-state index contributed by atoms with van der Waals surface area (Å²) >= 11 is 0. The average Bonchev–Trinajstić information content (AvgIpc) is 2.72. The molecule has 0 unspecified atom stereocenters. The van der Waals surface area contributed by atoms with E-state index >= 15 is 0 Å². The van der Waals surface area contributed by atoms with Gasteiger partial charge in [0.15, 0.2) is 0 Å². The fraction of sp³-hybridized carbons (Fsp3) is 0.167. The van der Waals surface area contributed by atoms with Gasteiger partial charge >= 0.3 is 0 Å². The minimum absolute atomic E-state index is 0.0254. The molecule has 0 bridgehead atoms. The predicted octanol–water partition coefficient (Wildman–Crippen LogP) is 1.10. The minimum Gasteiger partial charge on any atom is -0.404 e. The monoisotopic (exact) mass is 213 g/mol. The zero-order chi connectivity index (χ0) is 11.1. The summed E-state index contributed by atoms with van der Waals surface area (Å²) in [6.45, 7) is 0.676. The number of fused-ring (bicyclic) bond motifs is 2. The zero-order valence-electron chi connectivity index (χ0n) is 8.68. The Morgan fingerprint density at radius 3 is 3.00 bits per heavy atom. The minimum atomic E-state index is 0.0254. The third-order valence-corrected chi connectivity index (χ3v) is 2.95. The van der Waals surface area contributed by atoms with Crippen molar-refractivity contribution < 1.29 is 0 Å². The van der Waals surface area contributed by atoms with Crippen LogP contribution in [-0.2, 0) is 6.54 Å². The lowest BCUT2D eigenvalue weighted by molar-refractivity contribution is 0.725. The lowest BCUT2D eigenvalue weighted by Crippen LogP contribution is -2.20. The number of hydrogen-bond donors (Lipinski definition) is 1. The number of para-hydroxylation sites is 1. The van der Waals surface area contributed by atoms with Gasteiger partial charge in [0.2, 0.25) is 0 Å². The molecular weight excluding hydrogens is 202 g/mol. The molecule has 0 saturated heterocycles. The predicted molar refractivity (Wildman–Crippen MR) is 62.8 cm³/mol. The maximum atomic E-state index is 12.1. The Kier molecular flexibility index (Phi) is 1.83. The van der Waals surface area contributed by atoms with Gasteiger partial charge < -0.3 is 5.73 Å². The fourth-order valence-electron chi connectivity index (χ4n) is 2.12. The first-order chi connectivity index (χ1) is 7.81. The van der Waals surface area contributed by atoms with Crippen molar-refractivity contribution in [2.24, 2.45) is 5.73 Å². The van der Waals surface area contributed by atoms with Crippen molar-refractivity contribution in [3.63, 3.8) is 0 Å². The maximum Gasteiger partial charge on any atom is 0.261 e. The first-order valence-electron chi connectivity index (χ1n) is 5.22. The Bertz CT molecular complexity index is 655. The zero-order valence-corrected chi connectivity index (χ0v) is 8.68. The Hall–Kier alpha value is -2.10. The second-order valence-electron chi connectivity index (χ2n) is 3.85. The SMILES string of the molecule is N/C=C1/CCn2c1nc1ccccc1c2=O.